The summed E-state index contributed by atoms with van der Waals surface area (Å²) >= 11 is 0. The highest BCUT2D eigenvalue weighted by Crippen LogP contribution is 2.36. The maximum Gasteiger partial charge on any atom is 0.207 e. The first-order valence-electron chi connectivity index (χ1n) is 9.70. The van der Waals surface area contributed by atoms with Crippen LogP contribution in [-0.2, 0) is 4.74 Å². The van der Waals surface area contributed by atoms with Crippen LogP contribution in [0.3, 0.4) is 0 Å². The highest BCUT2D eigenvalue weighted by molar-refractivity contribution is 5.99. The molecule has 0 N–H and O–H groups in total. The summed E-state index contributed by atoms with van der Waals surface area (Å²) in [5.74, 6) is 0.492. The molecule has 146 valence electrons. The number of methoxy groups -OCH3 is 1. The van der Waals surface area contributed by atoms with Gasteiger partial charge in [-0.1, -0.05) is 32.6 Å². The van der Waals surface area contributed by atoms with Crippen LogP contribution in [-0.4, -0.2) is 26.3 Å². The highest BCUT2D eigenvalue weighted by Gasteiger charge is 2.26. The minimum Gasteiger partial charge on any atom is -0.491 e. The lowest BCUT2D eigenvalue weighted by Crippen LogP contribution is -2.18. The fraction of sp³-hybridized carbons (Fsp3) is 0.667. The molecule has 0 atom stereocenters. The molecule has 0 bridgehead atoms. The molecule has 0 spiro atoms. The molecule has 0 heterocycles. The topological polar surface area (TPSA) is 44.8 Å². The van der Waals surface area contributed by atoms with Crippen LogP contribution in [0.15, 0.2) is 12.1 Å². The van der Waals surface area contributed by atoms with Gasteiger partial charge in [0.05, 0.1) is 12.2 Å². The summed E-state index contributed by atoms with van der Waals surface area (Å²) in [4.78, 5) is 12.8. The van der Waals surface area contributed by atoms with Crippen molar-refractivity contribution in [1.29, 1.82) is 0 Å². The van der Waals surface area contributed by atoms with Gasteiger partial charge in [0.15, 0.2) is 24.1 Å². The number of Topliss-reactive ketones (excluding diaryl/α,β-unsaturated/α-hetero) is 1. The van der Waals surface area contributed by atoms with Crippen molar-refractivity contribution >= 4 is 5.78 Å². The maximum absolute atomic E-state index is 14.7. The van der Waals surface area contributed by atoms with Gasteiger partial charge in [-0.15, -0.1) is 0 Å². The van der Waals surface area contributed by atoms with Crippen molar-refractivity contribution in [2.24, 2.45) is 11.8 Å². The van der Waals surface area contributed by atoms with Gasteiger partial charge >= 0.3 is 0 Å². The zero-order valence-electron chi connectivity index (χ0n) is 16.2. The number of hydrogen-bond acceptors (Lipinski definition) is 4. The lowest BCUT2D eigenvalue weighted by molar-refractivity contribution is 0.0468. The summed E-state index contributed by atoms with van der Waals surface area (Å²) in [6.45, 7) is 4.23. The van der Waals surface area contributed by atoms with E-state index in [2.05, 4.69) is 6.92 Å². The molecule has 1 aliphatic carbocycles. The van der Waals surface area contributed by atoms with Crippen LogP contribution in [0.2, 0.25) is 0 Å². The molecule has 0 radical (unpaired) electrons. The predicted molar refractivity (Wildman–Crippen MR) is 99.4 cm³/mol. The molecule has 2 rings (SSSR count). The van der Waals surface area contributed by atoms with Crippen LogP contribution in [0.25, 0.3) is 0 Å². The third kappa shape index (κ3) is 5.44. The lowest BCUT2D eigenvalue weighted by Gasteiger charge is -2.28. The Hall–Kier alpha value is -1.62. The first kappa shape index (κ1) is 20.7. The zero-order chi connectivity index (χ0) is 18.9. The molecule has 0 amide bonds. The monoisotopic (exact) mass is 366 g/mol. The molecule has 0 aliphatic heterocycles. The second-order valence-electron chi connectivity index (χ2n) is 7.04. The van der Waals surface area contributed by atoms with Crippen LogP contribution in [0.1, 0.15) is 69.2 Å². The van der Waals surface area contributed by atoms with Gasteiger partial charge in [0.25, 0.3) is 0 Å². The molecule has 1 saturated carbocycles. The zero-order valence-corrected chi connectivity index (χ0v) is 16.2. The van der Waals surface area contributed by atoms with Crippen LogP contribution < -0.4 is 9.47 Å². The SMILES string of the molecule is CCCC1CCC(CC(=O)c2ccc(OCC)c(F)c2OCOC)CC1. The minimum atomic E-state index is -0.638. The number of halogens is 1. The summed E-state index contributed by atoms with van der Waals surface area (Å²) in [5.41, 5.74) is 0.277. The Morgan fingerprint density at radius 2 is 1.81 bits per heavy atom. The predicted octanol–water partition coefficient (Wildman–Crippen LogP) is 5.39. The molecule has 4 nitrogen and oxygen atoms in total. The van der Waals surface area contributed by atoms with Crippen molar-refractivity contribution < 1.29 is 23.4 Å². The van der Waals surface area contributed by atoms with Crippen molar-refractivity contribution in [3.63, 3.8) is 0 Å². The van der Waals surface area contributed by atoms with Gasteiger partial charge in [-0.05, 0) is 43.7 Å². The van der Waals surface area contributed by atoms with E-state index in [0.29, 0.717) is 18.9 Å². The van der Waals surface area contributed by atoms with Crippen molar-refractivity contribution in [2.45, 2.75) is 58.8 Å². The first-order valence-corrected chi connectivity index (χ1v) is 9.70. The van der Waals surface area contributed by atoms with Crippen molar-refractivity contribution in [1.82, 2.24) is 0 Å². The van der Waals surface area contributed by atoms with E-state index in [-0.39, 0.29) is 29.6 Å². The number of ketones is 1. The Morgan fingerprint density at radius 3 is 2.42 bits per heavy atom. The number of carbonyl (C=O) groups excluding carboxylic acids is 1. The molecule has 5 heteroatoms. The molecule has 0 unspecified atom stereocenters. The molecule has 1 aromatic carbocycles. The fourth-order valence-electron chi connectivity index (χ4n) is 3.79. The Balaban J connectivity index is 2.08. The quantitative estimate of drug-likeness (QED) is 0.411. The largest absolute Gasteiger partial charge is 0.491 e. The van der Waals surface area contributed by atoms with E-state index in [1.165, 1.54) is 38.9 Å². The molecule has 1 aliphatic rings. The summed E-state index contributed by atoms with van der Waals surface area (Å²) < 4.78 is 30.2. The number of hydrogen-bond donors (Lipinski definition) is 0. The number of ether oxygens (including phenoxy) is 3. The third-order valence-electron chi connectivity index (χ3n) is 5.12. The highest BCUT2D eigenvalue weighted by atomic mass is 19.1. The molecular formula is C21H31FO4. The van der Waals surface area contributed by atoms with E-state index >= 15 is 0 Å². The number of carbonyl (C=O) groups is 1. The average molecular weight is 366 g/mol. The average Bonchev–Trinajstić information content (AvgIpc) is 2.64. The first-order chi connectivity index (χ1) is 12.6. The van der Waals surface area contributed by atoms with Gasteiger partial charge in [-0.2, -0.15) is 4.39 Å². The smallest absolute Gasteiger partial charge is 0.207 e. The van der Waals surface area contributed by atoms with Gasteiger partial charge in [-0.25, -0.2) is 0 Å². The second kappa shape index (κ2) is 10.5. The summed E-state index contributed by atoms with van der Waals surface area (Å²) in [7, 11) is 1.46. The Labute approximate surface area is 156 Å². The number of benzene rings is 1. The van der Waals surface area contributed by atoms with Gasteiger partial charge in [0.2, 0.25) is 5.82 Å². The summed E-state index contributed by atoms with van der Waals surface area (Å²) in [6, 6.07) is 3.11. The van der Waals surface area contributed by atoms with E-state index in [1.807, 2.05) is 0 Å². The van der Waals surface area contributed by atoms with Crippen LogP contribution in [0.4, 0.5) is 4.39 Å². The molecule has 1 aromatic rings. The lowest BCUT2D eigenvalue weighted by atomic mass is 9.78. The van der Waals surface area contributed by atoms with Gasteiger partial charge in [0.1, 0.15) is 0 Å². The van der Waals surface area contributed by atoms with E-state index in [4.69, 9.17) is 14.2 Å². The summed E-state index contributed by atoms with van der Waals surface area (Å²) in [5, 5.41) is 0. The second-order valence-corrected chi connectivity index (χ2v) is 7.04. The van der Waals surface area contributed by atoms with Crippen molar-refractivity contribution in [3.05, 3.63) is 23.5 Å². The molecule has 0 aromatic heterocycles. The van der Waals surface area contributed by atoms with E-state index in [0.717, 1.165) is 18.8 Å². The van der Waals surface area contributed by atoms with Gasteiger partial charge in [-0.3, -0.25) is 4.79 Å². The van der Waals surface area contributed by atoms with Crippen molar-refractivity contribution in [2.75, 3.05) is 20.5 Å². The van der Waals surface area contributed by atoms with Gasteiger partial charge < -0.3 is 14.2 Å². The molecule has 1 fully saturated rings. The van der Waals surface area contributed by atoms with E-state index < -0.39 is 5.82 Å². The fourth-order valence-corrected chi connectivity index (χ4v) is 3.79. The molecule has 0 saturated heterocycles. The van der Waals surface area contributed by atoms with Crippen LogP contribution in [0, 0.1) is 17.7 Å². The molecular weight excluding hydrogens is 335 g/mol. The third-order valence-corrected chi connectivity index (χ3v) is 5.12. The summed E-state index contributed by atoms with van der Waals surface area (Å²) in [6.07, 6.45) is 7.47. The maximum atomic E-state index is 14.7. The van der Waals surface area contributed by atoms with Gasteiger partial charge in [0, 0.05) is 13.5 Å². The number of rotatable bonds is 10. The minimum absolute atomic E-state index is 0.0672. The Kier molecular flexibility index (Phi) is 8.36. The van der Waals surface area contributed by atoms with E-state index in [1.54, 1.807) is 13.0 Å². The Morgan fingerprint density at radius 1 is 1.12 bits per heavy atom. The Bertz CT molecular complexity index is 580. The van der Waals surface area contributed by atoms with Crippen LogP contribution in [0.5, 0.6) is 11.5 Å². The van der Waals surface area contributed by atoms with Crippen LogP contribution >= 0.6 is 0 Å². The standard InChI is InChI=1S/C21H31FO4/c1-4-6-15-7-9-16(10-8-15)13-18(23)17-11-12-19(25-5-2)20(22)21(17)26-14-24-3/h11-12,15-16H,4-10,13-14H2,1-3H3. The molecule has 26 heavy (non-hydrogen) atoms. The van der Waals surface area contributed by atoms with E-state index in [9.17, 15) is 9.18 Å². The normalized spacial score (nSPS) is 20.0. The van der Waals surface area contributed by atoms with Crippen molar-refractivity contribution in [3.8, 4) is 11.5 Å².